The third kappa shape index (κ3) is 4.93. The van der Waals surface area contributed by atoms with Gasteiger partial charge >= 0.3 is 0 Å². The van der Waals surface area contributed by atoms with Crippen molar-refractivity contribution in [3.8, 4) is 11.5 Å². The molecule has 0 atom stereocenters. The van der Waals surface area contributed by atoms with Gasteiger partial charge in [-0.25, -0.2) is 0 Å². The van der Waals surface area contributed by atoms with Crippen LogP contribution in [0.5, 0.6) is 11.5 Å². The number of benzene rings is 2. The monoisotopic (exact) mass is 397 g/mol. The van der Waals surface area contributed by atoms with E-state index in [4.69, 9.17) is 9.47 Å². The van der Waals surface area contributed by atoms with Crippen molar-refractivity contribution >= 4 is 28.5 Å². The maximum Gasteiger partial charge on any atom is 0.258 e. The van der Waals surface area contributed by atoms with Crippen LogP contribution >= 0.6 is 22.6 Å². The van der Waals surface area contributed by atoms with Crippen molar-refractivity contribution in [3.63, 3.8) is 0 Å². The Morgan fingerprint density at radius 3 is 2.76 bits per heavy atom. The first-order valence-electron chi connectivity index (χ1n) is 6.46. The predicted molar refractivity (Wildman–Crippen MR) is 89.5 cm³/mol. The van der Waals surface area contributed by atoms with E-state index in [1.165, 1.54) is 0 Å². The average molecular weight is 397 g/mol. The molecule has 2 aromatic carbocycles. The standard InChI is InChI=1S/C16H16INO3/c1-20-15-8-3-2-5-12(15)10-18-16(19)11-21-14-7-4-6-13(17)9-14/h2-9H,10-11H2,1H3,(H,18,19). The zero-order valence-corrected chi connectivity index (χ0v) is 13.8. The van der Waals surface area contributed by atoms with Gasteiger partial charge in [-0.1, -0.05) is 24.3 Å². The van der Waals surface area contributed by atoms with Crippen LogP contribution in [0.4, 0.5) is 0 Å². The van der Waals surface area contributed by atoms with E-state index in [2.05, 4.69) is 27.9 Å². The highest BCUT2D eigenvalue weighted by Crippen LogP contribution is 2.17. The van der Waals surface area contributed by atoms with Gasteiger partial charge in [0.2, 0.25) is 0 Å². The lowest BCUT2D eigenvalue weighted by Gasteiger charge is -2.10. The molecule has 2 rings (SSSR count). The molecule has 0 aliphatic rings. The fraction of sp³-hybridized carbons (Fsp3) is 0.188. The molecule has 0 heterocycles. The molecule has 0 aliphatic carbocycles. The number of methoxy groups -OCH3 is 1. The van der Waals surface area contributed by atoms with Crippen molar-refractivity contribution in [3.05, 3.63) is 57.7 Å². The van der Waals surface area contributed by atoms with Gasteiger partial charge in [0.05, 0.1) is 7.11 Å². The maximum atomic E-state index is 11.8. The number of carbonyl (C=O) groups excluding carboxylic acids is 1. The maximum absolute atomic E-state index is 11.8. The fourth-order valence-electron chi connectivity index (χ4n) is 1.80. The fourth-order valence-corrected chi connectivity index (χ4v) is 2.31. The van der Waals surface area contributed by atoms with Crippen molar-refractivity contribution in [2.45, 2.75) is 6.54 Å². The molecule has 0 unspecified atom stereocenters. The molecule has 0 bridgehead atoms. The van der Waals surface area contributed by atoms with Crippen LogP contribution in [-0.2, 0) is 11.3 Å². The normalized spacial score (nSPS) is 10.0. The lowest BCUT2D eigenvalue weighted by molar-refractivity contribution is -0.123. The van der Waals surface area contributed by atoms with Crippen LogP contribution in [0.15, 0.2) is 48.5 Å². The minimum absolute atomic E-state index is 0.00472. The van der Waals surface area contributed by atoms with Gasteiger partial charge < -0.3 is 14.8 Å². The van der Waals surface area contributed by atoms with E-state index in [9.17, 15) is 4.79 Å². The van der Waals surface area contributed by atoms with Gasteiger partial charge in [0.25, 0.3) is 5.91 Å². The van der Waals surface area contributed by atoms with Crippen molar-refractivity contribution in [1.82, 2.24) is 5.32 Å². The summed E-state index contributed by atoms with van der Waals surface area (Å²) < 4.78 is 11.8. The van der Waals surface area contributed by atoms with Crippen molar-refractivity contribution in [1.29, 1.82) is 0 Å². The van der Waals surface area contributed by atoms with E-state index in [0.717, 1.165) is 14.9 Å². The molecule has 110 valence electrons. The zero-order chi connectivity index (χ0) is 15.1. The summed E-state index contributed by atoms with van der Waals surface area (Å²) in [5.74, 6) is 1.28. The summed E-state index contributed by atoms with van der Waals surface area (Å²) in [4.78, 5) is 11.8. The molecule has 0 aromatic heterocycles. The lowest BCUT2D eigenvalue weighted by atomic mass is 10.2. The molecule has 5 heteroatoms. The summed E-state index contributed by atoms with van der Waals surface area (Å²) in [7, 11) is 1.61. The van der Waals surface area contributed by atoms with Crippen LogP contribution in [0.2, 0.25) is 0 Å². The first kappa shape index (κ1) is 15.6. The summed E-state index contributed by atoms with van der Waals surface area (Å²) in [6.07, 6.45) is 0. The van der Waals surface area contributed by atoms with Crippen LogP contribution < -0.4 is 14.8 Å². The molecule has 0 radical (unpaired) electrons. The predicted octanol–water partition coefficient (Wildman–Crippen LogP) is 3.00. The number of amides is 1. The van der Waals surface area contributed by atoms with Crippen LogP contribution in [0.3, 0.4) is 0 Å². The number of nitrogens with one attached hydrogen (secondary N) is 1. The second kappa shape index (κ2) is 7.87. The minimum atomic E-state index is -0.167. The third-order valence-corrected chi connectivity index (χ3v) is 3.51. The number of ether oxygens (including phenoxy) is 2. The Morgan fingerprint density at radius 2 is 2.00 bits per heavy atom. The topological polar surface area (TPSA) is 47.6 Å². The van der Waals surface area contributed by atoms with Gasteiger partial charge in [-0.15, -0.1) is 0 Å². The number of halogens is 1. The van der Waals surface area contributed by atoms with Gasteiger partial charge in [-0.05, 0) is 46.9 Å². The van der Waals surface area contributed by atoms with E-state index in [0.29, 0.717) is 12.3 Å². The Kier molecular flexibility index (Phi) is 5.86. The molecule has 4 nitrogen and oxygen atoms in total. The Balaban J connectivity index is 1.82. The molecule has 0 saturated heterocycles. The van der Waals surface area contributed by atoms with Gasteiger partial charge in [0.1, 0.15) is 11.5 Å². The molecule has 1 N–H and O–H groups in total. The number of hydrogen-bond acceptors (Lipinski definition) is 3. The van der Waals surface area contributed by atoms with Crippen LogP contribution in [0.1, 0.15) is 5.56 Å². The number of rotatable bonds is 6. The Hall–Kier alpha value is -1.76. The van der Waals surface area contributed by atoms with Crippen LogP contribution in [0, 0.1) is 3.57 Å². The summed E-state index contributed by atoms with van der Waals surface area (Å²) in [6, 6.07) is 15.2. The first-order valence-corrected chi connectivity index (χ1v) is 7.54. The molecule has 0 saturated carbocycles. The third-order valence-electron chi connectivity index (χ3n) is 2.83. The Bertz CT molecular complexity index is 616. The second-order valence-electron chi connectivity index (χ2n) is 4.33. The van der Waals surface area contributed by atoms with E-state index in [-0.39, 0.29) is 12.5 Å². The van der Waals surface area contributed by atoms with Crippen LogP contribution in [0.25, 0.3) is 0 Å². The van der Waals surface area contributed by atoms with Crippen LogP contribution in [-0.4, -0.2) is 19.6 Å². The molecule has 0 aliphatic heterocycles. The minimum Gasteiger partial charge on any atom is -0.496 e. The lowest BCUT2D eigenvalue weighted by Crippen LogP contribution is -2.28. The molecular formula is C16H16INO3. The Labute approximate surface area is 137 Å². The molecule has 21 heavy (non-hydrogen) atoms. The highest BCUT2D eigenvalue weighted by atomic mass is 127. The van der Waals surface area contributed by atoms with Gasteiger partial charge in [-0.3, -0.25) is 4.79 Å². The highest BCUT2D eigenvalue weighted by Gasteiger charge is 2.06. The second-order valence-corrected chi connectivity index (χ2v) is 5.58. The van der Waals surface area contributed by atoms with Crippen molar-refractivity contribution in [2.24, 2.45) is 0 Å². The molecular weight excluding hydrogens is 381 g/mol. The molecule has 0 fully saturated rings. The van der Waals surface area contributed by atoms with Gasteiger partial charge in [0.15, 0.2) is 6.61 Å². The van der Waals surface area contributed by atoms with Gasteiger partial charge in [0, 0.05) is 15.7 Å². The largest absolute Gasteiger partial charge is 0.496 e. The van der Waals surface area contributed by atoms with E-state index < -0.39 is 0 Å². The van der Waals surface area contributed by atoms with E-state index in [1.807, 2.05) is 48.5 Å². The number of carbonyl (C=O) groups is 1. The van der Waals surface area contributed by atoms with Crippen molar-refractivity contribution in [2.75, 3.05) is 13.7 Å². The number of hydrogen-bond donors (Lipinski definition) is 1. The smallest absolute Gasteiger partial charge is 0.258 e. The summed E-state index contributed by atoms with van der Waals surface area (Å²) in [5, 5.41) is 2.81. The molecule has 1 amide bonds. The van der Waals surface area contributed by atoms with E-state index >= 15 is 0 Å². The van der Waals surface area contributed by atoms with Crippen molar-refractivity contribution < 1.29 is 14.3 Å². The summed E-state index contributed by atoms with van der Waals surface area (Å²) in [5.41, 5.74) is 0.933. The number of para-hydroxylation sites is 1. The quantitative estimate of drug-likeness (QED) is 0.763. The highest BCUT2D eigenvalue weighted by molar-refractivity contribution is 14.1. The first-order chi connectivity index (χ1) is 10.2. The zero-order valence-electron chi connectivity index (χ0n) is 11.6. The average Bonchev–Trinajstić information content (AvgIpc) is 2.51. The molecule has 0 spiro atoms. The van der Waals surface area contributed by atoms with Gasteiger partial charge in [-0.2, -0.15) is 0 Å². The summed E-state index contributed by atoms with van der Waals surface area (Å²) in [6.45, 7) is 0.410. The SMILES string of the molecule is COc1ccccc1CNC(=O)COc1cccc(I)c1. The van der Waals surface area contributed by atoms with E-state index in [1.54, 1.807) is 7.11 Å². The Morgan fingerprint density at radius 1 is 1.19 bits per heavy atom. The molecule has 2 aromatic rings. The summed E-state index contributed by atoms with van der Waals surface area (Å²) >= 11 is 2.20.